The molecule has 2 saturated heterocycles. The molecule has 0 spiro atoms. The van der Waals surface area contributed by atoms with Gasteiger partial charge in [-0.05, 0) is 36.8 Å². The first kappa shape index (κ1) is 16.2. The number of nitrogens with zero attached hydrogens (tertiary/aromatic N) is 3. The Morgan fingerprint density at radius 2 is 2.04 bits per heavy atom. The van der Waals surface area contributed by atoms with Gasteiger partial charge in [0.1, 0.15) is 5.82 Å². The van der Waals surface area contributed by atoms with Gasteiger partial charge < -0.3 is 15.0 Å². The number of ether oxygens (including phenoxy) is 1. The number of benzene rings is 1. The number of nitrogens with one attached hydrogen (secondary N) is 1. The summed E-state index contributed by atoms with van der Waals surface area (Å²) in [5.41, 5.74) is 1.49. The summed E-state index contributed by atoms with van der Waals surface area (Å²) in [5.74, 6) is -0.193. The van der Waals surface area contributed by atoms with E-state index in [2.05, 4.69) is 10.4 Å². The highest BCUT2D eigenvalue weighted by Gasteiger charge is 2.32. The summed E-state index contributed by atoms with van der Waals surface area (Å²) in [6.45, 7) is 3.08. The summed E-state index contributed by atoms with van der Waals surface area (Å²) in [7, 11) is 0. The summed E-state index contributed by atoms with van der Waals surface area (Å²) in [4.78, 5) is 14.2. The van der Waals surface area contributed by atoms with Gasteiger partial charge in [0.2, 0.25) is 5.91 Å². The molecule has 2 aliphatic rings. The molecular formula is C18H21FN4O2. The second-order valence-corrected chi connectivity index (χ2v) is 6.63. The Morgan fingerprint density at radius 1 is 1.24 bits per heavy atom. The van der Waals surface area contributed by atoms with Crippen LogP contribution in [0.2, 0.25) is 0 Å². The smallest absolute Gasteiger partial charge is 0.228 e. The fourth-order valence-electron chi connectivity index (χ4n) is 3.25. The van der Waals surface area contributed by atoms with Crippen molar-refractivity contribution in [2.45, 2.75) is 24.9 Å². The predicted molar refractivity (Wildman–Crippen MR) is 90.0 cm³/mol. The Bertz CT molecular complexity index is 734. The predicted octanol–water partition coefficient (Wildman–Crippen LogP) is 1.14. The zero-order chi connectivity index (χ0) is 17.2. The van der Waals surface area contributed by atoms with E-state index in [0.29, 0.717) is 12.1 Å². The second-order valence-electron chi connectivity index (χ2n) is 6.63. The fraction of sp³-hybridized carbons (Fsp3) is 0.444. The summed E-state index contributed by atoms with van der Waals surface area (Å²) in [6.07, 6.45) is 3.12. The van der Waals surface area contributed by atoms with Gasteiger partial charge in [-0.15, -0.1) is 0 Å². The van der Waals surface area contributed by atoms with Crippen LogP contribution in [0.5, 0.6) is 0 Å². The highest BCUT2D eigenvalue weighted by Crippen LogP contribution is 2.15. The van der Waals surface area contributed by atoms with Crippen molar-refractivity contribution in [3.63, 3.8) is 0 Å². The van der Waals surface area contributed by atoms with Crippen molar-refractivity contribution in [1.82, 2.24) is 20.0 Å². The van der Waals surface area contributed by atoms with Crippen LogP contribution in [0.3, 0.4) is 0 Å². The number of aromatic nitrogens is 2. The van der Waals surface area contributed by atoms with E-state index in [0.717, 1.165) is 44.1 Å². The lowest BCUT2D eigenvalue weighted by atomic mass is 10.1. The Labute approximate surface area is 145 Å². The normalized spacial score (nSPS) is 20.7. The molecule has 1 aromatic heterocycles. The highest BCUT2D eigenvalue weighted by atomic mass is 19.1. The minimum atomic E-state index is -0.281. The molecule has 0 aliphatic carbocycles. The molecule has 132 valence electrons. The molecule has 4 rings (SSSR count). The van der Waals surface area contributed by atoms with E-state index in [1.165, 1.54) is 12.1 Å². The molecule has 1 N–H and O–H groups in total. The number of hydrogen-bond donors (Lipinski definition) is 1. The summed E-state index contributed by atoms with van der Waals surface area (Å²) >= 11 is 0. The minimum Gasteiger partial charge on any atom is -0.380 e. The molecule has 25 heavy (non-hydrogen) atoms. The summed E-state index contributed by atoms with van der Waals surface area (Å²) in [6, 6.07) is 8.72. The van der Waals surface area contributed by atoms with Crippen molar-refractivity contribution >= 4 is 5.91 Å². The molecule has 0 bridgehead atoms. The standard InChI is InChI=1S/C18H21FN4O2/c19-13-1-3-17(4-2-13)23-7-5-14(21-23)9-18(24)22-10-16(11-22)20-15-6-8-25-12-15/h1-5,7,15-16,20H,6,8-12H2. The molecule has 7 heteroatoms. The highest BCUT2D eigenvalue weighted by molar-refractivity contribution is 5.79. The lowest BCUT2D eigenvalue weighted by Gasteiger charge is -2.41. The van der Waals surface area contributed by atoms with Gasteiger partial charge in [-0.1, -0.05) is 0 Å². The third kappa shape index (κ3) is 3.72. The van der Waals surface area contributed by atoms with Crippen molar-refractivity contribution in [3.8, 4) is 5.69 Å². The van der Waals surface area contributed by atoms with Crippen LogP contribution in [-0.2, 0) is 16.0 Å². The van der Waals surface area contributed by atoms with Gasteiger partial charge in [0.25, 0.3) is 0 Å². The topological polar surface area (TPSA) is 59.4 Å². The average molecular weight is 344 g/mol. The zero-order valence-electron chi connectivity index (χ0n) is 13.9. The van der Waals surface area contributed by atoms with Gasteiger partial charge in [0.15, 0.2) is 0 Å². The SMILES string of the molecule is O=C(Cc1ccn(-c2ccc(F)cc2)n1)N1CC(NC2CCOC2)C1. The summed E-state index contributed by atoms with van der Waals surface area (Å²) < 4.78 is 20.0. The molecule has 1 aromatic carbocycles. The molecule has 1 amide bonds. The molecule has 1 atom stereocenters. The van der Waals surface area contributed by atoms with Crippen LogP contribution >= 0.6 is 0 Å². The van der Waals surface area contributed by atoms with Gasteiger partial charge in [-0.2, -0.15) is 5.10 Å². The fourth-order valence-corrected chi connectivity index (χ4v) is 3.25. The van der Waals surface area contributed by atoms with Crippen LogP contribution in [0.4, 0.5) is 4.39 Å². The largest absolute Gasteiger partial charge is 0.380 e. The molecule has 2 aromatic rings. The summed E-state index contributed by atoms with van der Waals surface area (Å²) in [5, 5.41) is 7.93. The van der Waals surface area contributed by atoms with Gasteiger partial charge in [-0.25, -0.2) is 9.07 Å². The Hall–Kier alpha value is -2.25. The van der Waals surface area contributed by atoms with Crippen LogP contribution in [0.25, 0.3) is 5.69 Å². The quantitative estimate of drug-likeness (QED) is 0.884. The van der Waals surface area contributed by atoms with E-state index >= 15 is 0 Å². The Morgan fingerprint density at radius 3 is 2.76 bits per heavy atom. The van der Waals surface area contributed by atoms with E-state index in [-0.39, 0.29) is 18.1 Å². The number of halogens is 1. The number of hydrogen-bond acceptors (Lipinski definition) is 4. The zero-order valence-corrected chi connectivity index (χ0v) is 13.9. The maximum absolute atomic E-state index is 13.0. The average Bonchev–Trinajstić information content (AvgIpc) is 3.23. The van der Waals surface area contributed by atoms with Crippen LogP contribution in [0, 0.1) is 5.82 Å². The number of carbonyl (C=O) groups is 1. The molecule has 0 saturated carbocycles. The number of carbonyl (C=O) groups excluding carboxylic acids is 1. The molecule has 1 unspecified atom stereocenters. The Kier molecular flexibility index (Phi) is 4.50. The molecule has 3 heterocycles. The third-order valence-electron chi connectivity index (χ3n) is 4.70. The van der Waals surface area contributed by atoms with Crippen LogP contribution in [-0.4, -0.2) is 59.0 Å². The van der Waals surface area contributed by atoms with Gasteiger partial charge in [0.05, 0.1) is 24.4 Å². The molecular weight excluding hydrogens is 323 g/mol. The third-order valence-corrected chi connectivity index (χ3v) is 4.70. The van der Waals surface area contributed by atoms with E-state index < -0.39 is 0 Å². The van der Waals surface area contributed by atoms with Crippen LogP contribution in [0.1, 0.15) is 12.1 Å². The van der Waals surface area contributed by atoms with Gasteiger partial charge in [-0.3, -0.25) is 4.79 Å². The first-order chi connectivity index (χ1) is 12.2. The molecule has 2 fully saturated rings. The van der Waals surface area contributed by atoms with E-state index in [1.807, 2.05) is 11.0 Å². The monoisotopic (exact) mass is 344 g/mol. The van der Waals surface area contributed by atoms with Crippen LogP contribution in [0.15, 0.2) is 36.5 Å². The maximum Gasteiger partial charge on any atom is 0.228 e. The van der Waals surface area contributed by atoms with Crippen molar-refractivity contribution in [2.24, 2.45) is 0 Å². The molecule has 6 nitrogen and oxygen atoms in total. The first-order valence-corrected chi connectivity index (χ1v) is 8.59. The number of rotatable bonds is 5. The van der Waals surface area contributed by atoms with Crippen molar-refractivity contribution in [3.05, 3.63) is 48.0 Å². The van der Waals surface area contributed by atoms with E-state index in [4.69, 9.17) is 4.74 Å². The minimum absolute atomic E-state index is 0.0880. The van der Waals surface area contributed by atoms with Gasteiger partial charge in [0, 0.05) is 38.0 Å². The number of amides is 1. The van der Waals surface area contributed by atoms with E-state index in [9.17, 15) is 9.18 Å². The molecule has 0 radical (unpaired) electrons. The lowest BCUT2D eigenvalue weighted by molar-refractivity contribution is -0.135. The second kappa shape index (κ2) is 6.93. The van der Waals surface area contributed by atoms with E-state index in [1.54, 1.807) is 23.0 Å². The van der Waals surface area contributed by atoms with Crippen molar-refractivity contribution in [1.29, 1.82) is 0 Å². The lowest BCUT2D eigenvalue weighted by Crippen LogP contribution is -2.62. The number of likely N-dealkylation sites (tertiary alicyclic amines) is 1. The van der Waals surface area contributed by atoms with Crippen molar-refractivity contribution in [2.75, 3.05) is 26.3 Å². The Balaban J connectivity index is 1.28. The molecule has 2 aliphatic heterocycles. The maximum atomic E-state index is 13.0. The first-order valence-electron chi connectivity index (χ1n) is 8.59. The van der Waals surface area contributed by atoms with Gasteiger partial charge >= 0.3 is 0 Å². The van der Waals surface area contributed by atoms with Crippen LogP contribution < -0.4 is 5.32 Å². The van der Waals surface area contributed by atoms with Crippen molar-refractivity contribution < 1.29 is 13.9 Å².